The molecule has 14 heavy (non-hydrogen) atoms. The summed E-state index contributed by atoms with van der Waals surface area (Å²) in [5.74, 6) is 0.512. The Morgan fingerprint density at radius 3 is 2.93 bits per heavy atom. The molecule has 0 aliphatic carbocycles. The molecule has 0 radical (unpaired) electrons. The molecule has 1 rings (SSSR count). The van der Waals surface area contributed by atoms with Gasteiger partial charge < -0.3 is 10.5 Å². The molecular weight excluding hydrogens is 196 g/mol. The molecule has 0 aliphatic rings. The van der Waals surface area contributed by atoms with E-state index in [4.69, 9.17) is 10.5 Å². The molecule has 0 atom stereocenters. The number of aromatic nitrogens is 1. The van der Waals surface area contributed by atoms with Gasteiger partial charge in [0.2, 0.25) is 0 Å². The quantitative estimate of drug-likeness (QED) is 0.738. The fourth-order valence-electron chi connectivity index (χ4n) is 1.02. The standard InChI is InChI=1S/C10H18N2OS/c1-8(2)10-12-9(7-14-10)6-13-5-3-4-11/h7-8H,3-6,11H2,1-2H3. The Morgan fingerprint density at radius 2 is 2.36 bits per heavy atom. The van der Waals surface area contributed by atoms with Gasteiger partial charge in [-0.05, 0) is 13.0 Å². The number of thiazole rings is 1. The van der Waals surface area contributed by atoms with Crippen LogP contribution in [-0.2, 0) is 11.3 Å². The van der Waals surface area contributed by atoms with Gasteiger partial charge in [0, 0.05) is 17.9 Å². The third kappa shape index (κ3) is 3.74. The first-order valence-corrected chi connectivity index (χ1v) is 5.84. The van der Waals surface area contributed by atoms with Gasteiger partial charge in [0.15, 0.2) is 0 Å². The summed E-state index contributed by atoms with van der Waals surface area (Å²) in [5.41, 5.74) is 6.40. The second-order valence-corrected chi connectivity index (χ2v) is 4.42. The molecule has 0 unspecified atom stereocenters. The average Bonchev–Trinajstić information content (AvgIpc) is 2.61. The molecule has 80 valence electrons. The normalized spacial score (nSPS) is 11.1. The number of nitrogens with two attached hydrogens (primary N) is 1. The van der Waals surface area contributed by atoms with Crippen LogP contribution in [0, 0.1) is 0 Å². The number of nitrogens with zero attached hydrogens (tertiary/aromatic N) is 1. The summed E-state index contributed by atoms with van der Waals surface area (Å²) in [6.45, 7) is 6.33. The third-order valence-electron chi connectivity index (χ3n) is 1.81. The summed E-state index contributed by atoms with van der Waals surface area (Å²) < 4.78 is 5.42. The van der Waals surface area contributed by atoms with E-state index in [1.807, 2.05) is 0 Å². The van der Waals surface area contributed by atoms with Crippen molar-refractivity contribution in [2.24, 2.45) is 5.73 Å². The van der Waals surface area contributed by atoms with Crippen molar-refractivity contribution >= 4 is 11.3 Å². The van der Waals surface area contributed by atoms with Gasteiger partial charge >= 0.3 is 0 Å². The molecule has 0 aliphatic heterocycles. The molecule has 4 heteroatoms. The lowest BCUT2D eigenvalue weighted by molar-refractivity contribution is 0.117. The van der Waals surface area contributed by atoms with Crippen molar-refractivity contribution in [1.29, 1.82) is 0 Å². The summed E-state index contributed by atoms with van der Waals surface area (Å²) in [6, 6.07) is 0. The van der Waals surface area contributed by atoms with Crippen LogP contribution in [0.3, 0.4) is 0 Å². The maximum Gasteiger partial charge on any atom is 0.0954 e. The molecule has 0 spiro atoms. The molecule has 0 saturated carbocycles. The van der Waals surface area contributed by atoms with Crippen LogP contribution in [0.1, 0.15) is 36.9 Å². The van der Waals surface area contributed by atoms with Gasteiger partial charge in [-0.15, -0.1) is 11.3 Å². The topological polar surface area (TPSA) is 48.1 Å². The Morgan fingerprint density at radius 1 is 1.57 bits per heavy atom. The van der Waals surface area contributed by atoms with Crippen LogP contribution in [0.5, 0.6) is 0 Å². The van der Waals surface area contributed by atoms with E-state index in [0.29, 0.717) is 19.1 Å². The lowest BCUT2D eigenvalue weighted by Gasteiger charge is -2.00. The number of hydrogen-bond acceptors (Lipinski definition) is 4. The minimum absolute atomic E-state index is 0.512. The van der Waals surface area contributed by atoms with E-state index in [-0.39, 0.29) is 0 Å². The Hall–Kier alpha value is -0.450. The van der Waals surface area contributed by atoms with E-state index in [0.717, 1.165) is 18.7 Å². The second kappa shape index (κ2) is 6.11. The van der Waals surface area contributed by atoms with Crippen molar-refractivity contribution in [2.75, 3.05) is 13.2 Å². The molecule has 0 fully saturated rings. The molecule has 1 aromatic rings. The van der Waals surface area contributed by atoms with Crippen LogP contribution in [0.15, 0.2) is 5.38 Å². The molecule has 0 amide bonds. The summed E-state index contributed by atoms with van der Waals surface area (Å²) >= 11 is 1.71. The van der Waals surface area contributed by atoms with Crippen LogP contribution < -0.4 is 5.73 Å². The van der Waals surface area contributed by atoms with Crippen LogP contribution >= 0.6 is 11.3 Å². The molecular formula is C10H18N2OS. The zero-order valence-electron chi connectivity index (χ0n) is 8.82. The van der Waals surface area contributed by atoms with E-state index in [1.165, 1.54) is 5.01 Å². The second-order valence-electron chi connectivity index (χ2n) is 3.53. The van der Waals surface area contributed by atoms with E-state index in [1.54, 1.807) is 11.3 Å². The minimum Gasteiger partial charge on any atom is -0.375 e. The zero-order valence-corrected chi connectivity index (χ0v) is 9.64. The molecule has 1 aromatic heterocycles. The first kappa shape index (κ1) is 11.6. The molecule has 1 heterocycles. The highest BCUT2D eigenvalue weighted by Gasteiger charge is 2.05. The monoisotopic (exact) mass is 214 g/mol. The van der Waals surface area contributed by atoms with E-state index in [9.17, 15) is 0 Å². The van der Waals surface area contributed by atoms with Crippen molar-refractivity contribution in [3.63, 3.8) is 0 Å². The molecule has 0 aromatic carbocycles. The SMILES string of the molecule is CC(C)c1nc(COCCCN)cs1. The Labute approximate surface area is 89.3 Å². The third-order valence-corrected chi connectivity index (χ3v) is 3.00. The van der Waals surface area contributed by atoms with Crippen LogP contribution in [0.4, 0.5) is 0 Å². The van der Waals surface area contributed by atoms with Crippen LogP contribution in [-0.4, -0.2) is 18.1 Å². The van der Waals surface area contributed by atoms with Gasteiger partial charge in [0.25, 0.3) is 0 Å². The van der Waals surface area contributed by atoms with Gasteiger partial charge in [-0.25, -0.2) is 4.98 Å². The largest absolute Gasteiger partial charge is 0.375 e. The maximum absolute atomic E-state index is 5.42. The first-order valence-electron chi connectivity index (χ1n) is 4.96. The highest BCUT2D eigenvalue weighted by atomic mass is 32.1. The number of rotatable bonds is 6. The predicted octanol–water partition coefficient (Wildman–Crippen LogP) is 2.13. The van der Waals surface area contributed by atoms with Gasteiger partial charge in [-0.1, -0.05) is 13.8 Å². The fourth-order valence-corrected chi connectivity index (χ4v) is 1.84. The molecule has 2 N–H and O–H groups in total. The molecule has 0 bridgehead atoms. The molecule has 0 saturated heterocycles. The smallest absolute Gasteiger partial charge is 0.0954 e. The number of ether oxygens (including phenoxy) is 1. The minimum atomic E-state index is 0.512. The van der Waals surface area contributed by atoms with E-state index in [2.05, 4.69) is 24.2 Å². The Kier molecular flexibility index (Phi) is 5.07. The number of hydrogen-bond donors (Lipinski definition) is 1. The highest BCUT2D eigenvalue weighted by molar-refractivity contribution is 7.09. The summed E-state index contributed by atoms with van der Waals surface area (Å²) in [4.78, 5) is 4.47. The van der Waals surface area contributed by atoms with Gasteiger partial charge in [0.1, 0.15) is 0 Å². The predicted molar refractivity (Wildman–Crippen MR) is 59.5 cm³/mol. The summed E-state index contributed by atoms with van der Waals surface area (Å²) in [6.07, 6.45) is 0.918. The zero-order chi connectivity index (χ0) is 10.4. The van der Waals surface area contributed by atoms with Crippen molar-refractivity contribution in [2.45, 2.75) is 32.8 Å². The Bertz CT molecular complexity index is 260. The average molecular weight is 214 g/mol. The van der Waals surface area contributed by atoms with E-state index < -0.39 is 0 Å². The lowest BCUT2D eigenvalue weighted by Crippen LogP contribution is -2.04. The van der Waals surface area contributed by atoms with Crippen LogP contribution in [0.2, 0.25) is 0 Å². The van der Waals surface area contributed by atoms with Crippen molar-refractivity contribution in [3.8, 4) is 0 Å². The van der Waals surface area contributed by atoms with Gasteiger partial charge in [-0.2, -0.15) is 0 Å². The first-order chi connectivity index (χ1) is 6.74. The maximum atomic E-state index is 5.42. The van der Waals surface area contributed by atoms with Crippen LogP contribution in [0.25, 0.3) is 0 Å². The Balaban J connectivity index is 2.29. The summed E-state index contributed by atoms with van der Waals surface area (Å²) in [5, 5.41) is 3.25. The van der Waals surface area contributed by atoms with Crippen molar-refractivity contribution < 1.29 is 4.74 Å². The highest BCUT2D eigenvalue weighted by Crippen LogP contribution is 2.19. The van der Waals surface area contributed by atoms with Gasteiger partial charge in [-0.3, -0.25) is 0 Å². The van der Waals surface area contributed by atoms with Crippen molar-refractivity contribution in [3.05, 3.63) is 16.1 Å². The fraction of sp³-hybridized carbons (Fsp3) is 0.700. The molecule has 3 nitrogen and oxygen atoms in total. The summed E-state index contributed by atoms with van der Waals surface area (Å²) in [7, 11) is 0. The lowest BCUT2D eigenvalue weighted by atomic mass is 10.2. The van der Waals surface area contributed by atoms with Gasteiger partial charge in [0.05, 0.1) is 17.3 Å². The van der Waals surface area contributed by atoms with Crippen molar-refractivity contribution in [1.82, 2.24) is 4.98 Å². The van der Waals surface area contributed by atoms with E-state index >= 15 is 0 Å².